The average Bonchev–Trinajstić information content (AvgIpc) is 3.19. The molecule has 8 nitrogen and oxygen atoms in total. The van der Waals surface area contributed by atoms with Crippen molar-refractivity contribution in [2.75, 3.05) is 7.11 Å². The van der Waals surface area contributed by atoms with E-state index in [4.69, 9.17) is 23.7 Å². The molecule has 4 rings (SSSR count). The Morgan fingerprint density at radius 2 is 2.00 bits per heavy atom. The zero-order valence-electron chi connectivity index (χ0n) is 12.7. The van der Waals surface area contributed by atoms with Gasteiger partial charge < -0.3 is 33.9 Å². The van der Waals surface area contributed by atoms with E-state index >= 15 is 0 Å². The van der Waals surface area contributed by atoms with Gasteiger partial charge >= 0.3 is 5.97 Å². The highest BCUT2D eigenvalue weighted by molar-refractivity contribution is 5.78. The van der Waals surface area contributed by atoms with Crippen LogP contribution in [-0.4, -0.2) is 60.3 Å². The van der Waals surface area contributed by atoms with Crippen molar-refractivity contribution in [2.24, 2.45) is 0 Å². The molecule has 6 unspecified atom stereocenters. The van der Waals surface area contributed by atoms with Crippen molar-refractivity contribution in [3.8, 4) is 11.5 Å². The van der Waals surface area contributed by atoms with Gasteiger partial charge in [-0.15, -0.1) is 0 Å². The van der Waals surface area contributed by atoms with E-state index in [1.54, 1.807) is 24.3 Å². The SMILES string of the molecule is COc1cc(/C=C/C2OC3OC4C(O)C(=O)OC4C3O2)ccc1O. The molecule has 3 aliphatic heterocycles. The summed E-state index contributed by atoms with van der Waals surface area (Å²) in [4.78, 5) is 11.4. The molecule has 2 N–H and O–H groups in total. The molecular formula is C16H16O8. The van der Waals surface area contributed by atoms with Gasteiger partial charge in [0.25, 0.3) is 0 Å². The first-order chi connectivity index (χ1) is 11.6. The highest BCUT2D eigenvalue weighted by atomic mass is 16.8. The van der Waals surface area contributed by atoms with Crippen LogP contribution in [0.3, 0.4) is 0 Å². The van der Waals surface area contributed by atoms with Crippen LogP contribution in [-0.2, 0) is 23.7 Å². The first kappa shape index (κ1) is 15.4. The summed E-state index contributed by atoms with van der Waals surface area (Å²) in [7, 11) is 1.47. The number of carbonyl (C=O) groups excluding carboxylic acids is 1. The lowest BCUT2D eigenvalue weighted by Crippen LogP contribution is -2.33. The summed E-state index contributed by atoms with van der Waals surface area (Å²) in [5.74, 6) is -0.291. The standard InChI is InChI=1S/C16H16O8/c1-20-9-6-7(2-4-8(9)17)3-5-10-21-14-13-12(24-16(14)22-10)11(18)15(19)23-13/h2-6,10-14,16-18H,1H3/b5-3+. The summed E-state index contributed by atoms with van der Waals surface area (Å²) >= 11 is 0. The fraction of sp³-hybridized carbons (Fsp3) is 0.438. The molecular weight excluding hydrogens is 320 g/mol. The summed E-state index contributed by atoms with van der Waals surface area (Å²) < 4.78 is 26.9. The van der Waals surface area contributed by atoms with Crippen molar-refractivity contribution in [2.45, 2.75) is 37.0 Å². The Bertz CT molecular complexity index is 687. The van der Waals surface area contributed by atoms with Crippen molar-refractivity contribution in [3.63, 3.8) is 0 Å². The molecule has 1 aromatic carbocycles. The molecule has 8 heteroatoms. The fourth-order valence-electron chi connectivity index (χ4n) is 3.03. The van der Waals surface area contributed by atoms with Crippen molar-refractivity contribution in [1.82, 2.24) is 0 Å². The van der Waals surface area contributed by atoms with Crippen molar-refractivity contribution in [3.05, 3.63) is 29.8 Å². The van der Waals surface area contributed by atoms with Crippen LogP contribution < -0.4 is 4.74 Å². The molecule has 0 radical (unpaired) electrons. The number of methoxy groups -OCH3 is 1. The molecule has 0 amide bonds. The predicted molar refractivity (Wildman–Crippen MR) is 78.0 cm³/mol. The Morgan fingerprint density at radius 3 is 2.79 bits per heavy atom. The molecule has 24 heavy (non-hydrogen) atoms. The van der Waals surface area contributed by atoms with Gasteiger partial charge in [0.1, 0.15) is 6.10 Å². The molecule has 1 aromatic rings. The van der Waals surface area contributed by atoms with Crippen molar-refractivity contribution in [1.29, 1.82) is 0 Å². The Kier molecular flexibility index (Phi) is 3.69. The maximum Gasteiger partial charge on any atom is 0.338 e. The van der Waals surface area contributed by atoms with E-state index in [2.05, 4.69) is 0 Å². The van der Waals surface area contributed by atoms with Crippen LogP contribution in [0, 0.1) is 0 Å². The quantitative estimate of drug-likeness (QED) is 0.753. The zero-order valence-corrected chi connectivity index (χ0v) is 12.7. The molecule has 6 atom stereocenters. The molecule has 3 fully saturated rings. The highest BCUT2D eigenvalue weighted by Gasteiger charge is 2.61. The van der Waals surface area contributed by atoms with Gasteiger partial charge in [-0.2, -0.15) is 0 Å². The number of aromatic hydroxyl groups is 1. The van der Waals surface area contributed by atoms with Crippen LogP contribution in [0.4, 0.5) is 0 Å². The van der Waals surface area contributed by atoms with E-state index < -0.39 is 43.0 Å². The number of aliphatic hydroxyl groups is 1. The predicted octanol–water partition coefficient (Wildman–Crippen LogP) is 0.167. The van der Waals surface area contributed by atoms with Gasteiger partial charge in [0.15, 0.2) is 42.4 Å². The van der Waals surface area contributed by atoms with Crippen LogP contribution in [0.1, 0.15) is 5.56 Å². The van der Waals surface area contributed by atoms with Crippen LogP contribution in [0.25, 0.3) is 6.08 Å². The molecule has 0 bridgehead atoms. The lowest BCUT2D eigenvalue weighted by atomic mass is 10.1. The van der Waals surface area contributed by atoms with E-state index in [1.165, 1.54) is 13.2 Å². The molecule has 0 aliphatic carbocycles. The third-order valence-corrected chi connectivity index (χ3v) is 4.22. The number of hydrogen-bond acceptors (Lipinski definition) is 8. The molecule has 3 aliphatic rings. The van der Waals surface area contributed by atoms with E-state index in [0.717, 1.165) is 5.56 Å². The number of ether oxygens (including phenoxy) is 5. The summed E-state index contributed by atoms with van der Waals surface area (Å²) in [6.07, 6.45) is -1.21. The Labute approximate surface area is 137 Å². The van der Waals surface area contributed by atoms with Gasteiger partial charge in [0.2, 0.25) is 0 Å². The number of carbonyl (C=O) groups is 1. The third kappa shape index (κ3) is 2.44. The number of aliphatic hydroxyl groups excluding tert-OH is 1. The molecule has 3 heterocycles. The lowest BCUT2D eigenvalue weighted by Gasteiger charge is -2.14. The fourth-order valence-corrected chi connectivity index (χ4v) is 3.03. The number of fused-ring (bicyclic) bond motifs is 3. The maximum atomic E-state index is 11.4. The number of benzene rings is 1. The van der Waals surface area contributed by atoms with Gasteiger partial charge in [0.05, 0.1) is 7.11 Å². The number of phenols is 1. The Morgan fingerprint density at radius 1 is 1.17 bits per heavy atom. The minimum absolute atomic E-state index is 0.0543. The second-order valence-corrected chi connectivity index (χ2v) is 5.71. The second-order valence-electron chi connectivity index (χ2n) is 5.71. The molecule has 128 valence electrons. The Hall–Kier alpha value is -2.13. The number of hydrogen-bond donors (Lipinski definition) is 2. The summed E-state index contributed by atoms with van der Waals surface area (Å²) in [6.45, 7) is 0. The smallest absolute Gasteiger partial charge is 0.338 e. The second kappa shape index (κ2) is 5.75. The maximum absolute atomic E-state index is 11.4. The molecule has 0 spiro atoms. The topological polar surface area (TPSA) is 104 Å². The van der Waals surface area contributed by atoms with Crippen molar-refractivity contribution >= 4 is 12.0 Å². The number of phenolic OH excluding ortho intramolecular Hbond substituents is 1. The number of esters is 1. The summed E-state index contributed by atoms with van der Waals surface area (Å²) in [5.41, 5.74) is 0.787. The van der Waals surface area contributed by atoms with Crippen molar-refractivity contribution < 1.29 is 38.7 Å². The van der Waals surface area contributed by atoms with E-state index in [0.29, 0.717) is 5.75 Å². The molecule has 0 aromatic heterocycles. The van der Waals surface area contributed by atoms with Gasteiger partial charge in [-0.3, -0.25) is 0 Å². The zero-order chi connectivity index (χ0) is 16.8. The normalized spacial score (nSPS) is 37.5. The van der Waals surface area contributed by atoms with Crippen LogP contribution in [0.5, 0.6) is 11.5 Å². The average molecular weight is 336 g/mol. The number of rotatable bonds is 3. The highest BCUT2D eigenvalue weighted by Crippen LogP contribution is 2.39. The largest absolute Gasteiger partial charge is 0.504 e. The van der Waals surface area contributed by atoms with Crippen LogP contribution >= 0.6 is 0 Å². The summed E-state index contributed by atoms with van der Waals surface area (Å²) in [6, 6.07) is 4.91. The molecule has 3 saturated heterocycles. The first-order valence-electron chi connectivity index (χ1n) is 7.47. The van der Waals surface area contributed by atoms with Crippen LogP contribution in [0.15, 0.2) is 24.3 Å². The van der Waals surface area contributed by atoms with Gasteiger partial charge in [-0.05, 0) is 23.8 Å². The molecule has 0 saturated carbocycles. The minimum Gasteiger partial charge on any atom is -0.504 e. The van der Waals surface area contributed by atoms with Gasteiger partial charge in [0, 0.05) is 0 Å². The van der Waals surface area contributed by atoms with Gasteiger partial charge in [-0.1, -0.05) is 12.1 Å². The van der Waals surface area contributed by atoms with E-state index in [-0.39, 0.29) is 5.75 Å². The monoisotopic (exact) mass is 336 g/mol. The third-order valence-electron chi connectivity index (χ3n) is 4.22. The van der Waals surface area contributed by atoms with Gasteiger partial charge in [-0.25, -0.2) is 4.79 Å². The summed E-state index contributed by atoms with van der Waals surface area (Å²) in [5, 5.41) is 19.2. The first-order valence-corrected chi connectivity index (χ1v) is 7.47. The minimum atomic E-state index is -1.30. The van der Waals surface area contributed by atoms with Crippen LogP contribution in [0.2, 0.25) is 0 Å². The Balaban J connectivity index is 1.43. The lowest BCUT2D eigenvalue weighted by molar-refractivity contribution is -0.160. The van der Waals surface area contributed by atoms with E-state index in [9.17, 15) is 15.0 Å². The van der Waals surface area contributed by atoms with E-state index in [1.807, 2.05) is 0 Å².